The van der Waals surface area contributed by atoms with Crippen molar-refractivity contribution in [2.75, 3.05) is 0 Å². The van der Waals surface area contributed by atoms with Crippen LogP contribution in [0.3, 0.4) is 0 Å². The summed E-state index contributed by atoms with van der Waals surface area (Å²) in [7, 11) is -3.53. The van der Waals surface area contributed by atoms with Gasteiger partial charge in [-0.25, -0.2) is 13.2 Å². The minimum atomic E-state index is -3.53. The number of hydrogen-bond acceptors (Lipinski definition) is 4. The standard InChI is InChI=1S/C17H25NO4S/c1-13(2)15(18-16(19)22-17(3,4)5)11-12-23(20,21)14-9-7-6-8-10-14/h6-13,15H,1-5H3,(H,18,19). The second kappa shape index (κ2) is 7.64. The van der Waals surface area contributed by atoms with Crippen LogP contribution in [-0.2, 0) is 14.6 Å². The zero-order valence-corrected chi connectivity index (χ0v) is 15.1. The van der Waals surface area contributed by atoms with E-state index in [0.29, 0.717) is 0 Å². The van der Waals surface area contributed by atoms with E-state index in [9.17, 15) is 13.2 Å². The topological polar surface area (TPSA) is 72.5 Å². The van der Waals surface area contributed by atoms with Gasteiger partial charge >= 0.3 is 6.09 Å². The Balaban J connectivity index is 2.86. The fourth-order valence-corrected chi connectivity index (χ4v) is 2.83. The van der Waals surface area contributed by atoms with Gasteiger partial charge in [-0.05, 0) is 38.8 Å². The van der Waals surface area contributed by atoms with Gasteiger partial charge in [0.2, 0.25) is 0 Å². The van der Waals surface area contributed by atoms with Gasteiger partial charge in [-0.15, -0.1) is 0 Å². The molecule has 1 N–H and O–H groups in total. The Bertz CT molecular complexity index is 643. The molecule has 23 heavy (non-hydrogen) atoms. The zero-order chi connectivity index (χ0) is 17.7. The maximum Gasteiger partial charge on any atom is 0.408 e. The molecule has 0 saturated heterocycles. The van der Waals surface area contributed by atoms with E-state index >= 15 is 0 Å². The molecular weight excluding hydrogens is 314 g/mol. The molecule has 0 bridgehead atoms. The first-order chi connectivity index (χ1) is 10.5. The number of ether oxygens (including phenoxy) is 1. The summed E-state index contributed by atoms with van der Waals surface area (Å²) in [6.45, 7) is 9.09. The molecule has 1 unspecified atom stereocenters. The molecule has 128 valence electrons. The van der Waals surface area contributed by atoms with Crippen molar-refractivity contribution in [1.29, 1.82) is 0 Å². The molecule has 0 aliphatic heterocycles. The van der Waals surface area contributed by atoms with Crippen LogP contribution in [-0.4, -0.2) is 26.2 Å². The second-order valence-electron chi connectivity index (χ2n) is 6.60. The Hall–Kier alpha value is -1.82. The average molecular weight is 339 g/mol. The maximum atomic E-state index is 12.2. The number of benzene rings is 1. The van der Waals surface area contributed by atoms with Crippen LogP contribution in [0.5, 0.6) is 0 Å². The molecule has 5 nitrogen and oxygen atoms in total. The Labute approximate surface area is 138 Å². The predicted octanol–water partition coefficient (Wildman–Crippen LogP) is 3.52. The normalized spacial score (nSPS) is 14.0. The zero-order valence-electron chi connectivity index (χ0n) is 14.2. The third-order valence-electron chi connectivity index (χ3n) is 2.94. The van der Waals surface area contributed by atoms with E-state index in [1.54, 1.807) is 39.0 Å². The van der Waals surface area contributed by atoms with Crippen LogP contribution in [0.1, 0.15) is 34.6 Å². The van der Waals surface area contributed by atoms with Crippen LogP contribution in [0, 0.1) is 5.92 Å². The summed E-state index contributed by atoms with van der Waals surface area (Å²) in [6.07, 6.45) is 0.912. The van der Waals surface area contributed by atoms with Crippen molar-refractivity contribution in [3.05, 3.63) is 41.8 Å². The van der Waals surface area contributed by atoms with Gasteiger partial charge in [-0.3, -0.25) is 0 Å². The fourth-order valence-electron chi connectivity index (χ4n) is 1.76. The molecule has 1 rings (SSSR count). The highest BCUT2D eigenvalue weighted by Crippen LogP contribution is 2.14. The number of alkyl carbamates (subject to hydrolysis) is 1. The smallest absolute Gasteiger partial charge is 0.408 e. The third-order valence-corrected chi connectivity index (χ3v) is 4.38. The van der Waals surface area contributed by atoms with Crippen LogP contribution < -0.4 is 5.32 Å². The summed E-state index contributed by atoms with van der Waals surface area (Å²) in [5.41, 5.74) is -0.606. The molecule has 1 amide bonds. The van der Waals surface area contributed by atoms with E-state index in [0.717, 1.165) is 5.41 Å². The Kier molecular flexibility index (Phi) is 6.38. The van der Waals surface area contributed by atoms with E-state index in [2.05, 4.69) is 5.32 Å². The molecule has 0 fully saturated rings. The first-order valence-corrected chi connectivity index (χ1v) is 9.04. The monoisotopic (exact) mass is 339 g/mol. The fraction of sp³-hybridized carbons (Fsp3) is 0.471. The summed E-state index contributed by atoms with van der Waals surface area (Å²) < 4.78 is 29.7. The van der Waals surface area contributed by atoms with E-state index < -0.39 is 27.6 Å². The van der Waals surface area contributed by atoms with Crippen molar-refractivity contribution in [3.8, 4) is 0 Å². The largest absolute Gasteiger partial charge is 0.444 e. The van der Waals surface area contributed by atoms with Gasteiger partial charge < -0.3 is 10.1 Å². The molecule has 0 spiro atoms. The lowest BCUT2D eigenvalue weighted by Gasteiger charge is -2.24. The van der Waals surface area contributed by atoms with E-state index in [-0.39, 0.29) is 10.8 Å². The van der Waals surface area contributed by atoms with Crippen LogP contribution in [0.2, 0.25) is 0 Å². The highest BCUT2D eigenvalue weighted by molar-refractivity contribution is 7.94. The van der Waals surface area contributed by atoms with Crippen molar-refractivity contribution in [1.82, 2.24) is 5.32 Å². The molecule has 0 radical (unpaired) electrons. The maximum absolute atomic E-state index is 12.2. The SMILES string of the molecule is CC(C)C(C=CS(=O)(=O)c1ccccc1)NC(=O)OC(C)(C)C. The summed E-state index contributed by atoms with van der Waals surface area (Å²) in [6, 6.07) is 7.71. The first kappa shape index (κ1) is 19.2. The molecule has 0 heterocycles. The van der Waals surface area contributed by atoms with Crippen molar-refractivity contribution in [2.24, 2.45) is 5.92 Å². The lowest BCUT2D eigenvalue weighted by Crippen LogP contribution is -2.40. The van der Waals surface area contributed by atoms with E-state index in [1.165, 1.54) is 18.2 Å². The average Bonchev–Trinajstić information content (AvgIpc) is 2.42. The molecule has 1 aromatic rings. The third kappa shape index (κ3) is 6.86. The van der Waals surface area contributed by atoms with Crippen molar-refractivity contribution in [2.45, 2.75) is 51.2 Å². The minimum absolute atomic E-state index is 0.0183. The highest BCUT2D eigenvalue weighted by atomic mass is 32.2. The van der Waals surface area contributed by atoms with E-state index in [1.807, 2.05) is 13.8 Å². The van der Waals surface area contributed by atoms with Gasteiger partial charge in [-0.1, -0.05) is 38.1 Å². The Morgan fingerprint density at radius 3 is 2.22 bits per heavy atom. The van der Waals surface area contributed by atoms with Gasteiger partial charge in [0, 0.05) is 5.41 Å². The number of hydrogen-bond donors (Lipinski definition) is 1. The lowest BCUT2D eigenvalue weighted by molar-refractivity contribution is 0.0504. The van der Waals surface area contributed by atoms with Crippen LogP contribution in [0.4, 0.5) is 4.79 Å². The van der Waals surface area contributed by atoms with Gasteiger partial charge in [0.05, 0.1) is 10.9 Å². The molecule has 1 atom stereocenters. The van der Waals surface area contributed by atoms with Gasteiger partial charge in [0.1, 0.15) is 5.60 Å². The van der Waals surface area contributed by atoms with Gasteiger partial charge in [0.15, 0.2) is 9.84 Å². The van der Waals surface area contributed by atoms with Crippen molar-refractivity contribution in [3.63, 3.8) is 0 Å². The number of carbonyl (C=O) groups excluding carboxylic acids is 1. The van der Waals surface area contributed by atoms with Crippen LogP contribution in [0.25, 0.3) is 0 Å². The summed E-state index contributed by atoms with van der Waals surface area (Å²) in [5, 5.41) is 3.81. The predicted molar refractivity (Wildman–Crippen MR) is 90.8 cm³/mol. The molecule has 0 saturated carbocycles. The molecule has 6 heteroatoms. The number of sulfone groups is 1. The van der Waals surface area contributed by atoms with Gasteiger partial charge in [0.25, 0.3) is 0 Å². The minimum Gasteiger partial charge on any atom is -0.444 e. The molecule has 0 aliphatic rings. The second-order valence-corrected chi connectivity index (χ2v) is 8.44. The molecule has 0 aromatic heterocycles. The number of carbonyl (C=O) groups is 1. The Morgan fingerprint density at radius 2 is 1.74 bits per heavy atom. The molecule has 1 aromatic carbocycles. The summed E-state index contributed by atoms with van der Waals surface area (Å²) >= 11 is 0. The van der Waals surface area contributed by atoms with Crippen LogP contribution >= 0.6 is 0 Å². The Morgan fingerprint density at radius 1 is 1.17 bits per heavy atom. The van der Waals surface area contributed by atoms with Crippen LogP contribution in [0.15, 0.2) is 46.7 Å². The number of nitrogens with one attached hydrogen (secondary N) is 1. The molecule has 0 aliphatic carbocycles. The summed E-state index contributed by atoms with van der Waals surface area (Å²) in [4.78, 5) is 12.1. The quantitative estimate of drug-likeness (QED) is 0.891. The summed E-state index contributed by atoms with van der Waals surface area (Å²) in [5.74, 6) is 0.0183. The lowest BCUT2D eigenvalue weighted by atomic mass is 10.1. The van der Waals surface area contributed by atoms with Gasteiger partial charge in [-0.2, -0.15) is 0 Å². The van der Waals surface area contributed by atoms with Crippen molar-refractivity contribution >= 4 is 15.9 Å². The van der Waals surface area contributed by atoms with E-state index in [4.69, 9.17) is 4.74 Å². The number of amides is 1. The first-order valence-electron chi connectivity index (χ1n) is 7.49. The molecular formula is C17H25NO4S. The van der Waals surface area contributed by atoms with Crippen molar-refractivity contribution < 1.29 is 17.9 Å². The highest BCUT2D eigenvalue weighted by Gasteiger charge is 2.20. The number of rotatable bonds is 5.